The SMILES string of the molecule is C[C@@H](CO)N[C@H](CC1CCNCC1)c1ccc(F)c(Oc2ccccc2)c1F. The Bertz CT molecular complexity index is 752. The van der Waals surface area contributed by atoms with Gasteiger partial charge in [0.05, 0.1) is 6.61 Å². The van der Waals surface area contributed by atoms with Gasteiger partial charge in [0.25, 0.3) is 0 Å². The number of rotatable bonds is 8. The van der Waals surface area contributed by atoms with Crippen LogP contribution in [-0.4, -0.2) is 30.8 Å². The number of hydrogen-bond acceptors (Lipinski definition) is 4. The van der Waals surface area contributed by atoms with Crippen LogP contribution in [0.1, 0.15) is 37.8 Å². The second-order valence-corrected chi connectivity index (χ2v) is 7.43. The lowest BCUT2D eigenvalue weighted by Crippen LogP contribution is -2.36. The van der Waals surface area contributed by atoms with Crippen molar-refractivity contribution in [2.45, 2.75) is 38.3 Å². The number of benzene rings is 2. The Morgan fingerprint density at radius 3 is 2.54 bits per heavy atom. The fraction of sp³-hybridized carbons (Fsp3) is 0.455. The molecular weight excluding hydrogens is 362 g/mol. The van der Waals surface area contributed by atoms with E-state index in [1.807, 2.05) is 13.0 Å². The fourth-order valence-corrected chi connectivity index (χ4v) is 3.65. The van der Waals surface area contributed by atoms with Crippen molar-refractivity contribution in [3.8, 4) is 11.5 Å². The number of nitrogens with one attached hydrogen (secondary N) is 2. The molecule has 0 spiro atoms. The van der Waals surface area contributed by atoms with E-state index in [9.17, 15) is 9.50 Å². The van der Waals surface area contributed by atoms with Crippen molar-refractivity contribution in [1.82, 2.24) is 10.6 Å². The first-order chi connectivity index (χ1) is 13.6. The van der Waals surface area contributed by atoms with Gasteiger partial charge >= 0.3 is 0 Å². The van der Waals surface area contributed by atoms with Gasteiger partial charge in [0.2, 0.25) is 0 Å². The van der Waals surface area contributed by atoms with E-state index in [4.69, 9.17) is 4.74 Å². The third-order valence-corrected chi connectivity index (χ3v) is 5.20. The standard InChI is InChI=1S/C22H28F2N2O2/c1-15(14-27)26-20(13-16-9-11-25-12-10-16)18-7-8-19(23)22(21(18)24)28-17-5-3-2-4-6-17/h2-8,15-16,20,25-27H,9-14H2,1H3/t15-,20+/m0/s1. The molecular formula is C22H28F2N2O2. The van der Waals surface area contributed by atoms with Gasteiger partial charge in [0, 0.05) is 17.6 Å². The van der Waals surface area contributed by atoms with E-state index in [0.29, 0.717) is 17.2 Å². The van der Waals surface area contributed by atoms with Crippen molar-refractivity contribution in [2.75, 3.05) is 19.7 Å². The Kier molecular flexibility index (Phi) is 7.36. The van der Waals surface area contributed by atoms with Crippen molar-refractivity contribution in [2.24, 2.45) is 5.92 Å². The fourth-order valence-electron chi connectivity index (χ4n) is 3.65. The summed E-state index contributed by atoms with van der Waals surface area (Å²) in [4.78, 5) is 0. The largest absolute Gasteiger partial charge is 0.451 e. The van der Waals surface area contributed by atoms with Crippen LogP contribution in [0.2, 0.25) is 0 Å². The maximum absolute atomic E-state index is 15.3. The van der Waals surface area contributed by atoms with E-state index in [1.165, 1.54) is 12.1 Å². The molecule has 1 aliphatic heterocycles. The van der Waals surface area contributed by atoms with Gasteiger partial charge in [-0.25, -0.2) is 8.78 Å². The summed E-state index contributed by atoms with van der Waals surface area (Å²) in [5, 5.41) is 16.1. The highest BCUT2D eigenvalue weighted by Gasteiger charge is 2.26. The average Bonchev–Trinajstić information content (AvgIpc) is 2.72. The molecule has 2 aromatic rings. The Balaban J connectivity index is 1.88. The molecule has 0 aromatic heterocycles. The molecule has 0 radical (unpaired) electrons. The summed E-state index contributed by atoms with van der Waals surface area (Å²) in [7, 11) is 0. The van der Waals surface area contributed by atoms with Gasteiger partial charge in [-0.05, 0) is 63.4 Å². The zero-order chi connectivity index (χ0) is 19.9. The number of aliphatic hydroxyl groups is 1. The molecule has 0 aliphatic carbocycles. The van der Waals surface area contributed by atoms with Crippen LogP contribution < -0.4 is 15.4 Å². The van der Waals surface area contributed by atoms with Crippen LogP contribution in [0.15, 0.2) is 42.5 Å². The van der Waals surface area contributed by atoms with Crippen molar-refractivity contribution in [3.05, 3.63) is 59.7 Å². The molecule has 1 aliphatic rings. The quantitative estimate of drug-likeness (QED) is 0.634. The number of para-hydroxylation sites is 1. The summed E-state index contributed by atoms with van der Waals surface area (Å²) in [6.45, 7) is 3.68. The first-order valence-corrected chi connectivity index (χ1v) is 9.87. The minimum absolute atomic E-state index is 0.0566. The monoisotopic (exact) mass is 390 g/mol. The lowest BCUT2D eigenvalue weighted by atomic mass is 9.87. The van der Waals surface area contributed by atoms with Crippen LogP contribution >= 0.6 is 0 Å². The van der Waals surface area contributed by atoms with Gasteiger partial charge < -0.3 is 20.5 Å². The minimum atomic E-state index is -0.735. The predicted octanol–water partition coefficient (Wildman–Crippen LogP) is 4.16. The van der Waals surface area contributed by atoms with Gasteiger partial charge in [0.1, 0.15) is 5.75 Å². The second kappa shape index (κ2) is 9.96. The number of halogens is 2. The third-order valence-electron chi connectivity index (χ3n) is 5.20. The number of ether oxygens (including phenoxy) is 1. The summed E-state index contributed by atoms with van der Waals surface area (Å²) < 4.78 is 35.1. The minimum Gasteiger partial charge on any atom is -0.451 e. The number of piperidine rings is 1. The van der Waals surface area contributed by atoms with Crippen molar-refractivity contribution < 1.29 is 18.6 Å². The predicted molar refractivity (Wildman–Crippen MR) is 106 cm³/mol. The van der Waals surface area contributed by atoms with Crippen molar-refractivity contribution >= 4 is 0 Å². The van der Waals surface area contributed by atoms with E-state index in [1.54, 1.807) is 24.3 Å². The van der Waals surface area contributed by atoms with Crippen LogP contribution in [0.3, 0.4) is 0 Å². The van der Waals surface area contributed by atoms with E-state index in [-0.39, 0.29) is 18.7 Å². The van der Waals surface area contributed by atoms with E-state index in [0.717, 1.165) is 32.4 Å². The molecule has 0 bridgehead atoms. The highest BCUT2D eigenvalue weighted by Crippen LogP contribution is 2.35. The lowest BCUT2D eigenvalue weighted by Gasteiger charge is -2.30. The highest BCUT2D eigenvalue weighted by molar-refractivity contribution is 5.38. The molecule has 2 aromatic carbocycles. The second-order valence-electron chi connectivity index (χ2n) is 7.43. The molecule has 1 heterocycles. The van der Waals surface area contributed by atoms with Crippen LogP contribution in [0.5, 0.6) is 11.5 Å². The summed E-state index contributed by atoms with van der Waals surface area (Å²) in [6.07, 6.45) is 2.75. The molecule has 0 amide bonds. The number of hydrogen-bond donors (Lipinski definition) is 3. The summed E-state index contributed by atoms with van der Waals surface area (Å²) in [5.74, 6) is -1.00. The Morgan fingerprint density at radius 2 is 1.86 bits per heavy atom. The lowest BCUT2D eigenvalue weighted by molar-refractivity contribution is 0.224. The molecule has 1 fully saturated rings. The van der Waals surface area contributed by atoms with Gasteiger partial charge in [-0.3, -0.25) is 0 Å². The zero-order valence-corrected chi connectivity index (χ0v) is 16.1. The van der Waals surface area contributed by atoms with Gasteiger partial charge in [0.15, 0.2) is 17.4 Å². The van der Waals surface area contributed by atoms with Gasteiger partial charge in [-0.15, -0.1) is 0 Å². The molecule has 0 saturated carbocycles. The Labute approximate surface area is 164 Å². The maximum Gasteiger partial charge on any atom is 0.198 e. The summed E-state index contributed by atoms with van der Waals surface area (Å²) in [6, 6.07) is 10.8. The third kappa shape index (κ3) is 5.28. The van der Waals surface area contributed by atoms with Gasteiger partial charge in [-0.1, -0.05) is 24.3 Å². The summed E-state index contributed by atoms with van der Waals surface area (Å²) >= 11 is 0. The first-order valence-electron chi connectivity index (χ1n) is 9.87. The molecule has 28 heavy (non-hydrogen) atoms. The van der Waals surface area contributed by atoms with Crippen LogP contribution in [0.25, 0.3) is 0 Å². The first kappa shape index (κ1) is 20.7. The zero-order valence-electron chi connectivity index (χ0n) is 16.1. The molecule has 4 nitrogen and oxygen atoms in total. The summed E-state index contributed by atoms with van der Waals surface area (Å²) in [5.41, 5.74) is 0.367. The molecule has 0 unspecified atom stereocenters. The molecule has 3 N–H and O–H groups in total. The maximum atomic E-state index is 15.3. The molecule has 3 rings (SSSR count). The molecule has 152 valence electrons. The smallest absolute Gasteiger partial charge is 0.198 e. The van der Waals surface area contributed by atoms with Gasteiger partial charge in [-0.2, -0.15) is 0 Å². The van der Waals surface area contributed by atoms with Crippen molar-refractivity contribution in [3.63, 3.8) is 0 Å². The molecule has 1 saturated heterocycles. The molecule has 6 heteroatoms. The topological polar surface area (TPSA) is 53.5 Å². The van der Waals surface area contributed by atoms with E-state index < -0.39 is 17.4 Å². The number of aliphatic hydroxyl groups excluding tert-OH is 1. The average molecular weight is 390 g/mol. The van der Waals surface area contributed by atoms with Crippen LogP contribution in [0, 0.1) is 17.6 Å². The van der Waals surface area contributed by atoms with Crippen LogP contribution in [0.4, 0.5) is 8.78 Å². The van der Waals surface area contributed by atoms with E-state index >= 15 is 4.39 Å². The normalized spacial score (nSPS) is 17.3. The van der Waals surface area contributed by atoms with E-state index in [2.05, 4.69) is 10.6 Å². The Hall–Kier alpha value is -2.02. The Morgan fingerprint density at radius 1 is 1.14 bits per heavy atom. The highest BCUT2D eigenvalue weighted by atomic mass is 19.1. The molecule has 2 atom stereocenters. The van der Waals surface area contributed by atoms with Crippen molar-refractivity contribution in [1.29, 1.82) is 0 Å². The van der Waals surface area contributed by atoms with Crippen LogP contribution in [-0.2, 0) is 0 Å².